The first-order valence-corrected chi connectivity index (χ1v) is 9.09. The highest BCUT2D eigenvalue weighted by molar-refractivity contribution is 5.96. The Bertz CT molecular complexity index is 981. The van der Waals surface area contributed by atoms with Gasteiger partial charge < -0.3 is 14.5 Å². The van der Waals surface area contributed by atoms with Crippen molar-refractivity contribution < 1.29 is 13.9 Å². The number of nitrogens with zero attached hydrogens (tertiary/aromatic N) is 1. The van der Waals surface area contributed by atoms with E-state index in [1.165, 1.54) is 5.56 Å². The fourth-order valence-electron chi connectivity index (χ4n) is 2.68. The van der Waals surface area contributed by atoms with Crippen LogP contribution in [0.3, 0.4) is 0 Å². The van der Waals surface area contributed by atoms with Crippen LogP contribution in [0.1, 0.15) is 46.1 Å². The molecule has 1 amide bonds. The topological polar surface area (TPSA) is 64.4 Å². The van der Waals surface area contributed by atoms with Gasteiger partial charge in [0.1, 0.15) is 11.3 Å². The molecule has 27 heavy (non-hydrogen) atoms. The van der Waals surface area contributed by atoms with Crippen LogP contribution in [0.5, 0.6) is 5.75 Å². The number of methoxy groups -OCH3 is 1. The second kappa shape index (κ2) is 7.06. The lowest BCUT2D eigenvalue weighted by Gasteiger charge is -2.19. The Morgan fingerprint density at radius 3 is 2.52 bits per heavy atom. The molecule has 3 aromatic rings. The molecule has 142 valence electrons. The zero-order valence-electron chi connectivity index (χ0n) is 16.7. The molecule has 0 saturated heterocycles. The van der Waals surface area contributed by atoms with Gasteiger partial charge in [0.15, 0.2) is 5.58 Å². The minimum Gasteiger partial charge on any atom is -0.495 e. The number of aromatic nitrogens is 1. The molecule has 0 unspecified atom stereocenters. The van der Waals surface area contributed by atoms with Crippen LogP contribution in [0.2, 0.25) is 0 Å². The third-order valence-electron chi connectivity index (χ3n) is 4.45. The summed E-state index contributed by atoms with van der Waals surface area (Å²) < 4.78 is 11.3. The SMILES string of the molecule is COc1ccc(-c2nc3cc(C(C)C)ccc3o2)cc1NC(=O)C(C)(C)C. The summed E-state index contributed by atoms with van der Waals surface area (Å²) in [4.78, 5) is 17.0. The molecule has 5 nitrogen and oxygen atoms in total. The molecule has 2 aromatic carbocycles. The molecule has 0 fully saturated rings. The third kappa shape index (κ3) is 3.97. The molecule has 0 aliphatic heterocycles. The number of ether oxygens (including phenoxy) is 1. The van der Waals surface area contributed by atoms with Crippen LogP contribution >= 0.6 is 0 Å². The van der Waals surface area contributed by atoms with E-state index in [0.717, 1.165) is 16.7 Å². The number of fused-ring (bicyclic) bond motifs is 1. The molecule has 5 heteroatoms. The van der Waals surface area contributed by atoms with Gasteiger partial charge in [-0.05, 0) is 41.8 Å². The lowest BCUT2D eigenvalue weighted by atomic mass is 9.95. The number of rotatable bonds is 4. The molecule has 0 saturated carbocycles. The van der Waals surface area contributed by atoms with E-state index in [4.69, 9.17) is 9.15 Å². The van der Waals surface area contributed by atoms with Crippen LogP contribution in [-0.2, 0) is 4.79 Å². The van der Waals surface area contributed by atoms with Crippen LogP contribution in [0.4, 0.5) is 5.69 Å². The van der Waals surface area contributed by atoms with Crippen LogP contribution in [0.25, 0.3) is 22.6 Å². The monoisotopic (exact) mass is 366 g/mol. The Labute approximate surface area is 159 Å². The van der Waals surface area contributed by atoms with Crippen molar-refractivity contribution in [1.29, 1.82) is 0 Å². The van der Waals surface area contributed by atoms with E-state index in [2.05, 4.69) is 36.3 Å². The molecule has 3 rings (SSSR count). The lowest BCUT2D eigenvalue weighted by molar-refractivity contribution is -0.123. The van der Waals surface area contributed by atoms with Crippen LogP contribution < -0.4 is 10.1 Å². The maximum absolute atomic E-state index is 12.4. The van der Waals surface area contributed by atoms with Crippen molar-refractivity contribution in [3.63, 3.8) is 0 Å². The molecular weight excluding hydrogens is 340 g/mol. The summed E-state index contributed by atoms with van der Waals surface area (Å²) in [6.45, 7) is 9.90. The van der Waals surface area contributed by atoms with Gasteiger partial charge >= 0.3 is 0 Å². The predicted octanol–water partition coefficient (Wildman–Crippen LogP) is 5.61. The van der Waals surface area contributed by atoms with Gasteiger partial charge in [-0.25, -0.2) is 4.98 Å². The Morgan fingerprint density at radius 2 is 1.89 bits per heavy atom. The molecule has 0 aliphatic carbocycles. The van der Waals surface area contributed by atoms with Crippen LogP contribution in [0.15, 0.2) is 40.8 Å². The van der Waals surface area contributed by atoms with Gasteiger partial charge in [-0.2, -0.15) is 0 Å². The van der Waals surface area contributed by atoms with Gasteiger partial charge in [-0.3, -0.25) is 4.79 Å². The van der Waals surface area contributed by atoms with Crippen molar-refractivity contribution in [2.75, 3.05) is 12.4 Å². The fraction of sp³-hybridized carbons (Fsp3) is 0.364. The summed E-state index contributed by atoms with van der Waals surface area (Å²) in [5.41, 5.74) is 3.65. The highest BCUT2D eigenvalue weighted by Crippen LogP contribution is 2.33. The molecule has 1 heterocycles. The highest BCUT2D eigenvalue weighted by atomic mass is 16.5. The first-order chi connectivity index (χ1) is 12.7. The van der Waals surface area contributed by atoms with Gasteiger partial charge in [0, 0.05) is 11.0 Å². The largest absolute Gasteiger partial charge is 0.495 e. The Balaban J connectivity index is 2.00. The van der Waals surface area contributed by atoms with Crippen molar-refractivity contribution in [2.45, 2.75) is 40.5 Å². The van der Waals surface area contributed by atoms with Gasteiger partial charge in [0.2, 0.25) is 11.8 Å². The molecule has 1 aromatic heterocycles. The zero-order valence-corrected chi connectivity index (χ0v) is 16.7. The Kier molecular flexibility index (Phi) is 4.96. The summed E-state index contributed by atoms with van der Waals surface area (Å²) in [6.07, 6.45) is 0. The first-order valence-electron chi connectivity index (χ1n) is 9.09. The maximum atomic E-state index is 12.4. The number of hydrogen-bond donors (Lipinski definition) is 1. The molecule has 0 radical (unpaired) electrons. The molecular formula is C22H26N2O3. The molecule has 0 spiro atoms. The average molecular weight is 366 g/mol. The van der Waals surface area contributed by atoms with E-state index < -0.39 is 5.41 Å². The third-order valence-corrected chi connectivity index (χ3v) is 4.45. The van der Waals surface area contributed by atoms with Crippen molar-refractivity contribution in [2.24, 2.45) is 5.41 Å². The van der Waals surface area contributed by atoms with Crippen LogP contribution in [0, 0.1) is 5.41 Å². The first kappa shape index (κ1) is 19.0. The number of hydrogen-bond acceptors (Lipinski definition) is 4. The molecule has 1 N–H and O–H groups in total. The number of oxazole rings is 1. The number of carbonyl (C=O) groups excluding carboxylic acids is 1. The van der Waals surface area contributed by atoms with E-state index in [9.17, 15) is 4.79 Å². The van der Waals surface area contributed by atoms with Crippen LogP contribution in [-0.4, -0.2) is 18.0 Å². The van der Waals surface area contributed by atoms with Crippen molar-refractivity contribution in [3.8, 4) is 17.2 Å². The molecule has 0 aliphatic rings. The number of anilines is 1. The van der Waals surface area contributed by atoms with E-state index in [1.54, 1.807) is 7.11 Å². The number of carbonyl (C=O) groups is 1. The minimum atomic E-state index is -0.508. The number of nitrogens with one attached hydrogen (secondary N) is 1. The average Bonchev–Trinajstić information content (AvgIpc) is 3.04. The van der Waals surface area contributed by atoms with Crippen molar-refractivity contribution >= 4 is 22.7 Å². The van der Waals surface area contributed by atoms with E-state index >= 15 is 0 Å². The lowest BCUT2D eigenvalue weighted by Crippen LogP contribution is -2.27. The molecule has 0 bridgehead atoms. The van der Waals surface area contributed by atoms with Gasteiger partial charge in [0.05, 0.1) is 12.8 Å². The smallest absolute Gasteiger partial charge is 0.229 e. The number of amides is 1. The predicted molar refractivity (Wildman–Crippen MR) is 108 cm³/mol. The molecule has 0 atom stereocenters. The van der Waals surface area contributed by atoms with Gasteiger partial charge in [-0.1, -0.05) is 40.7 Å². The standard InChI is InChI=1S/C22H26N2O3/c1-13(2)14-7-10-19-17(11-14)23-20(27-19)15-8-9-18(26-6)16(12-15)24-21(25)22(3,4)5/h7-13H,1-6H3,(H,24,25). The van der Waals surface area contributed by atoms with E-state index in [1.807, 2.05) is 45.0 Å². The summed E-state index contributed by atoms with van der Waals surface area (Å²) in [5.74, 6) is 1.45. The zero-order chi connectivity index (χ0) is 19.8. The van der Waals surface area contributed by atoms with Gasteiger partial charge in [0.25, 0.3) is 0 Å². The van der Waals surface area contributed by atoms with Crippen molar-refractivity contribution in [3.05, 3.63) is 42.0 Å². The van der Waals surface area contributed by atoms with E-state index in [-0.39, 0.29) is 5.91 Å². The fourth-order valence-corrected chi connectivity index (χ4v) is 2.68. The Morgan fingerprint density at radius 1 is 1.15 bits per heavy atom. The second-order valence-corrected chi connectivity index (χ2v) is 8.02. The summed E-state index contributed by atoms with van der Waals surface area (Å²) in [7, 11) is 1.58. The van der Waals surface area contributed by atoms with Gasteiger partial charge in [-0.15, -0.1) is 0 Å². The summed E-state index contributed by atoms with van der Waals surface area (Å²) in [6, 6.07) is 11.6. The second-order valence-electron chi connectivity index (χ2n) is 8.02. The number of benzene rings is 2. The normalized spacial score (nSPS) is 11.8. The summed E-state index contributed by atoms with van der Waals surface area (Å²) in [5, 5.41) is 2.94. The Hall–Kier alpha value is -2.82. The van der Waals surface area contributed by atoms with Crippen molar-refractivity contribution in [1.82, 2.24) is 4.98 Å². The minimum absolute atomic E-state index is 0.0860. The van der Waals surface area contributed by atoms with E-state index in [0.29, 0.717) is 23.2 Å². The summed E-state index contributed by atoms with van der Waals surface area (Å²) >= 11 is 0. The highest BCUT2D eigenvalue weighted by Gasteiger charge is 2.23. The maximum Gasteiger partial charge on any atom is 0.229 e. The quantitative estimate of drug-likeness (QED) is 0.652.